The Hall–Kier alpha value is -1.17. The number of ether oxygens (including phenoxy) is 2. The molecule has 1 N–H and O–H groups in total. The van der Waals surface area contributed by atoms with Crippen molar-refractivity contribution in [1.82, 2.24) is 5.32 Å². The molecule has 0 saturated heterocycles. The van der Waals surface area contributed by atoms with Crippen molar-refractivity contribution in [1.29, 1.82) is 0 Å². The number of carbonyl (C=O) groups excluding carboxylic acids is 1. The van der Waals surface area contributed by atoms with E-state index in [1.54, 1.807) is 6.07 Å². The van der Waals surface area contributed by atoms with Crippen LogP contribution in [0.5, 0.6) is 0 Å². The molecule has 0 aliphatic carbocycles. The lowest BCUT2D eigenvalue weighted by Crippen LogP contribution is -2.32. The molecule has 1 unspecified atom stereocenters. The normalized spacial score (nSPS) is 12.2. The van der Waals surface area contributed by atoms with E-state index in [9.17, 15) is 9.18 Å². The van der Waals surface area contributed by atoms with Crippen molar-refractivity contribution in [3.05, 3.63) is 34.6 Å². The van der Waals surface area contributed by atoms with E-state index in [0.29, 0.717) is 13.2 Å². The second kappa shape index (κ2) is 7.31. The van der Waals surface area contributed by atoms with Gasteiger partial charge >= 0.3 is 5.97 Å². The molecule has 0 heterocycles. The summed E-state index contributed by atoms with van der Waals surface area (Å²) in [7, 11) is 2.78. The number of rotatable bonds is 6. The van der Waals surface area contributed by atoms with Gasteiger partial charge in [-0.05, 0) is 6.07 Å². The van der Waals surface area contributed by atoms with Crippen LogP contribution in [0, 0.1) is 5.82 Å². The fourth-order valence-corrected chi connectivity index (χ4v) is 1.67. The second-order valence-electron chi connectivity index (χ2n) is 3.55. The molecule has 18 heavy (non-hydrogen) atoms. The Kier molecular flexibility index (Phi) is 6.04. The summed E-state index contributed by atoms with van der Waals surface area (Å²) in [4.78, 5) is 11.6. The van der Waals surface area contributed by atoms with Gasteiger partial charge in [0.2, 0.25) is 0 Å². The second-order valence-corrected chi connectivity index (χ2v) is 3.95. The van der Waals surface area contributed by atoms with Crippen LogP contribution in [-0.2, 0) is 14.3 Å². The summed E-state index contributed by atoms with van der Waals surface area (Å²) in [6.07, 6.45) is 0. The van der Waals surface area contributed by atoms with Gasteiger partial charge in [0.1, 0.15) is 11.9 Å². The fourth-order valence-electron chi connectivity index (χ4n) is 1.49. The lowest BCUT2D eigenvalue weighted by molar-refractivity contribution is -0.143. The van der Waals surface area contributed by atoms with Crippen LogP contribution >= 0.6 is 11.6 Å². The van der Waals surface area contributed by atoms with Gasteiger partial charge in [0.05, 0.1) is 18.7 Å². The molecule has 0 radical (unpaired) electrons. The van der Waals surface area contributed by atoms with Crippen molar-refractivity contribution >= 4 is 17.6 Å². The molecule has 0 aliphatic heterocycles. The van der Waals surface area contributed by atoms with Crippen LogP contribution in [0.25, 0.3) is 0 Å². The molecule has 4 nitrogen and oxygen atoms in total. The number of halogens is 2. The summed E-state index contributed by atoms with van der Waals surface area (Å²) in [6, 6.07) is 3.59. The van der Waals surface area contributed by atoms with Crippen LogP contribution in [0.1, 0.15) is 11.6 Å². The molecule has 0 amide bonds. The third-order valence-electron chi connectivity index (χ3n) is 2.38. The van der Waals surface area contributed by atoms with Crippen LogP contribution in [0.2, 0.25) is 5.02 Å². The quantitative estimate of drug-likeness (QED) is 0.637. The average Bonchev–Trinajstić information content (AvgIpc) is 2.38. The van der Waals surface area contributed by atoms with E-state index in [0.717, 1.165) is 0 Å². The van der Waals surface area contributed by atoms with Gasteiger partial charge in [0.15, 0.2) is 0 Å². The number of hydrogen-bond acceptors (Lipinski definition) is 4. The molecule has 0 fully saturated rings. The van der Waals surface area contributed by atoms with Crippen LogP contribution in [0.3, 0.4) is 0 Å². The van der Waals surface area contributed by atoms with Gasteiger partial charge in [0, 0.05) is 19.2 Å². The van der Waals surface area contributed by atoms with Gasteiger partial charge in [-0.15, -0.1) is 0 Å². The van der Waals surface area contributed by atoms with E-state index in [2.05, 4.69) is 10.1 Å². The van der Waals surface area contributed by atoms with Gasteiger partial charge in [-0.1, -0.05) is 23.7 Å². The summed E-state index contributed by atoms with van der Waals surface area (Å²) in [5, 5.41) is 2.83. The van der Waals surface area contributed by atoms with E-state index in [1.165, 1.54) is 26.4 Å². The maximum Gasteiger partial charge on any atom is 0.327 e. The maximum absolute atomic E-state index is 13.8. The Bertz CT molecular complexity index is 414. The highest BCUT2D eigenvalue weighted by atomic mass is 35.5. The van der Waals surface area contributed by atoms with Crippen LogP contribution in [-0.4, -0.2) is 33.3 Å². The largest absolute Gasteiger partial charge is 0.468 e. The maximum atomic E-state index is 13.8. The summed E-state index contributed by atoms with van der Waals surface area (Å²) >= 11 is 5.69. The average molecular weight is 276 g/mol. The van der Waals surface area contributed by atoms with Gasteiger partial charge in [-0.3, -0.25) is 5.32 Å². The summed E-state index contributed by atoms with van der Waals surface area (Å²) in [5.41, 5.74) is 0.158. The van der Waals surface area contributed by atoms with Crippen LogP contribution in [0.4, 0.5) is 4.39 Å². The molecule has 1 rings (SSSR count). The number of carbonyl (C=O) groups is 1. The highest BCUT2D eigenvalue weighted by molar-refractivity contribution is 6.30. The first kappa shape index (κ1) is 14.9. The van der Waals surface area contributed by atoms with Crippen molar-refractivity contribution in [3.8, 4) is 0 Å². The zero-order valence-electron chi connectivity index (χ0n) is 10.2. The predicted molar refractivity (Wildman–Crippen MR) is 66.0 cm³/mol. The Morgan fingerprint density at radius 1 is 1.50 bits per heavy atom. The van der Waals surface area contributed by atoms with Gasteiger partial charge in [0.25, 0.3) is 0 Å². The van der Waals surface area contributed by atoms with E-state index in [-0.39, 0.29) is 10.6 Å². The van der Waals surface area contributed by atoms with E-state index in [4.69, 9.17) is 16.3 Å². The van der Waals surface area contributed by atoms with Crippen molar-refractivity contribution in [2.75, 3.05) is 27.4 Å². The molecular formula is C12H15ClFNO3. The summed E-state index contributed by atoms with van der Waals surface area (Å²) in [6.45, 7) is 0.790. The zero-order chi connectivity index (χ0) is 13.5. The predicted octanol–water partition coefficient (Wildman–Crippen LogP) is 1.93. The third-order valence-corrected chi connectivity index (χ3v) is 2.68. The Balaban J connectivity index is 2.94. The molecule has 1 aromatic rings. The van der Waals surface area contributed by atoms with Gasteiger partial charge in [-0.2, -0.15) is 0 Å². The number of methoxy groups -OCH3 is 2. The molecule has 0 aromatic heterocycles. The highest BCUT2D eigenvalue weighted by Gasteiger charge is 2.24. The minimum Gasteiger partial charge on any atom is -0.468 e. The summed E-state index contributed by atoms with van der Waals surface area (Å²) in [5.74, 6) is -1.20. The molecule has 100 valence electrons. The monoisotopic (exact) mass is 275 g/mol. The molecule has 0 aliphatic rings. The molecule has 6 heteroatoms. The lowest BCUT2D eigenvalue weighted by atomic mass is 10.1. The van der Waals surface area contributed by atoms with Crippen molar-refractivity contribution in [3.63, 3.8) is 0 Å². The molecule has 1 aromatic carbocycles. The number of hydrogen-bond donors (Lipinski definition) is 1. The first-order valence-corrected chi connectivity index (χ1v) is 5.73. The van der Waals surface area contributed by atoms with Crippen LogP contribution < -0.4 is 5.32 Å². The molecule has 0 spiro atoms. The SMILES string of the molecule is COCCNC(C(=O)OC)c1cccc(Cl)c1F. The minimum absolute atomic E-state index is 0.0325. The number of nitrogens with one attached hydrogen (secondary N) is 1. The van der Waals surface area contributed by atoms with Crippen molar-refractivity contribution < 1.29 is 18.7 Å². The molecular weight excluding hydrogens is 261 g/mol. The Morgan fingerprint density at radius 2 is 2.22 bits per heavy atom. The van der Waals surface area contributed by atoms with E-state index in [1.807, 2.05) is 0 Å². The number of esters is 1. The Labute approximate surface area is 110 Å². The Morgan fingerprint density at radius 3 is 2.83 bits per heavy atom. The fraction of sp³-hybridized carbons (Fsp3) is 0.417. The smallest absolute Gasteiger partial charge is 0.327 e. The molecule has 1 atom stereocenters. The third kappa shape index (κ3) is 3.66. The topological polar surface area (TPSA) is 47.6 Å². The molecule has 0 bridgehead atoms. The van der Waals surface area contributed by atoms with Crippen molar-refractivity contribution in [2.45, 2.75) is 6.04 Å². The van der Waals surface area contributed by atoms with Gasteiger partial charge < -0.3 is 9.47 Å². The van der Waals surface area contributed by atoms with Gasteiger partial charge in [-0.25, -0.2) is 9.18 Å². The lowest BCUT2D eigenvalue weighted by Gasteiger charge is -2.17. The standard InChI is InChI=1S/C12H15ClFNO3/c1-17-7-6-15-11(12(16)18-2)8-4-3-5-9(13)10(8)14/h3-5,11,15H,6-7H2,1-2H3. The van der Waals surface area contributed by atoms with E-state index < -0.39 is 17.8 Å². The first-order valence-electron chi connectivity index (χ1n) is 5.35. The minimum atomic E-state index is -0.899. The highest BCUT2D eigenvalue weighted by Crippen LogP contribution is 2.24. The van der Waals surface area contributed by atoms with E-state index >= 15 is 0 Å². The summed E-state index contributed by atoms with van der Waals surface area (Å²) < 4.78 is 23.3. The van der Waals surface area contributed by atoms with Crippen LogP contribution in [0.15, 0.2) is 18.2 Å². The first-order chi connectivity index (χ1) is 8.61. The van der Waals surface area contributed by atoms with Crippen molar-refractivity contribution in [2.24, 2.45) is 0 Å². The molecule has 0 saturated carbocycles. The zero-order valence-corrected chi connectivity index (χ0v) is 11.0. The number of benzene rings is 1.